The summed E-state index contributed by atoms with van der Waals surface area (Å²) in [5.74, 6) is 0.179. The van der Waals surface area contributed by atoms with Gasteiger partial charge in [-0.2, -0.15) is 0 Å². The summed E-state index contributed by atoms with van der Waals surface area (Å²) in [5, 5.41) is 6.16. The van der Waals surface area contributed by atoms with Crippen molar-refractivity contribution in [1.82, 2.24) is 15.0 Å². The predicted octanol–water partition coefficient (Wildman–Crippen LogP) is 3.92. The maximum absolute atomic E-state index is 12.8. The Morgan fingerprint density at radius 1 is 1.11 bits per heavy atom. The molecular formula is C21H23N5O. The molecular weight excluding hydrogens is 338 g/mol. The van der Waals surface area contributed by atoms with Gasteiger partial charge in [0.05, 0.1) is 0 Å². The summed E-state index contributed by atoms with van der Waals surface area (Å²) in [6.07, 6.45) is 4.35. The van der Waals surface area contributed by atoms with Crippen LogP contribution in [0.15, 0.2) is 48.8 Å². The molecule has 3 aromatic rings. The van der Waals surface area contributed by atoms with Gasteiger partial charge in [0, 0.05) is 30.3 Å². The van der Waals surface area contributed by atoms with Gasteiger partial charge in [0.25, 0.3) is 5.91 Å². The second kappa shape index (κ2) is 8.40. The quantitative estimate of drug-likeness (QED) is 0.696. The molecule has 1 amide bonds. The summed E-state index contributed by atoms with van der Waals surface area (Å²) in [4.78, 5) is 25.6. The largest absolute Gasteiger partial charge is 0.350 e. The van der Waals surface area contributed by atoms with E-state index >= 15 is 0 Å². The number of carbonyl (C=O) groups is 1. The highest BCUT2D eigenvalue weighted by molar-refractivity contribution is 6.04. The molecule has 27 heavy (non-hydrogen) atoms. The van der Waals surface area contributed by atoms with Crippen molar-refractivity contribution in [3.63, 3.8) is 0 Å². The normalized spacial score (nSPS) is 10.5. The summed E-state index contributed by atoms with van der Waals surface area (Å²) >= 11 is 0. The fourth-order valence-corrected chi connectivity index (χ4v) is 2.83. The lowest BCUT2D eigenvalue weighted by molar-refractivity contribution is 0.102. The Labute approximate surface area is 159 Å². The molecule has 2 N–H and O–H groups in total. The Balaban J connectivity index is 1.78. The second-order valence-electron chi connectivity index (χ2n) is 6.35. The molecule has 0 atom stereocenters. The second-order valence-corrected chi connectivity index (χ2v) is 6.35. The number of benzene rings is 1. The summed E-state index contributed by atoms with van der Waals surface area (Å²) in [6.45, 7) is 6.44. The van der Waals surface area contributed by atoms with Crippen LogP contribution in [-0.4, -0.2) is 20.9 Å². The van der Waals surface area contributed by atoms with E-state index in [1.807, 2.05) is 44.2 Å². The van der Waals surface area contributed by atoms with E-state index < -0.39 is 0 Å². The van der Waals surface area contributed by atoms with Crippen molar-refractivity contribution in [1.29, 1.82) is 0 Å². The number of hydrogen-bond acceptors (Lipinski definition) is 5. The van der Waals surface area contributed by atoms with Crippen LogP contribution in [0, 0.1) is 13.8 Å². The monoisotopic (exact) mass is 361 g/mol. The molecule has 138 valence electrons. The Morgan fingerprint density at radius 3 is 2.70 bits per heavy atom. The Kier molecular flexibility index (Phi) is 5.76. The lowest BCUT2D eigenvalue weighted by Crippen LogP contribution is -2.17. The number of aryl methyl sites for hydroxylation is 3. The number of carbonyl (C=O) groups excluding carboxylic acids is 1. The first kappa shape index (κ1) is 18.5. The minimum absolute atomic E-state index is 0.242. The molecule has 0 saturated carbocycles. The Hall–Kier alpha value is -3.28. The lowest BCUT2D eigenvalue weighted by atomic mass is 10.1. The van der Waals surface area contributed by atoms with Gasteiger partial charge in [-0.1, -0.05) is 31.2 Å². The lowest BCUT2D eigenvalue weighted by Gasteiger charge is -2.13. The van der Waals surface area contributed by atoms with Crippen LogP contribution in [0.4, 0.5) is 11.6 Å². The van der Waals surface area contributed by atoms with Gasteiger partial charge in [0.2, 0.25) is 5.95 Å². The molecule has 6 nitrogen and oxygen atoms in total. The van der Waals surface area contributed by atoms with Crippen molar-refractivity contribution in [2.45, 2.75) is 33.7 Å². The molecule has 2 heterocycles. The van der Waals surface area contributed by atoms with Crippen LogP contribution in [0.25, 0.3) is 0 Å². The third kappa shape index (κ3) is 4.67. The number of nitrogens with zero attached hydrogens (tertiary/aromatic N) is 3. The van der Waals surface area contributed by atoms with Crippen LogP contribution in [0.5, 0.6) is 0 Å². The number of rotatable bonds is 6. The number of pyridine rings is 1. The SMILES string of the molecule is CCc1cccc(C)c1NC(=O)c1cc(C)nc(NCc2cccnc2)n1. The molecule has 0 aliphatic carbocycles. The Bertz CT molecular complexity index is 941. The van der Waals surface area contributed by atoms with Crippen LogP contribution in [0.1, 0.15) is 39.8 Å². The number of amides is 1. The van der Waals surface area contributed by atoms with Gasteiger partial charge >= 0.3 is 0 Å². The first-order chi connectivity index (χ1) is 13.1. The van der Waals surface area contributed by atoms with Crippen molar-refractivity contribution < 1.29 is 4.79 Å². The van der Waals surface area contributed by atoms with E-state index in [0.717, 1.165) is 34.5 Å². The van der Waals surface area contributed by atoms with Crippen LogP contribution >= 0.6 is 0 Å². The molecule has 0 fully saturated rings. The number of anilines is 2. The van der Waals surface area contributed by atoms with Crippen molar-refractivity contribution >= 4 is 17.5 Å². The number of para-hydroxylation sites is 1. The van der Waals surface area contributed by atoms with Crippen LogP contribution in [-0.2, 0) is 13.0 Å². The van der Waals surface area contributed by atoms with Crippen LogP contribution < -0.4 is 10.6 Å². The molecule has 6 heteroatoms. The zero-order chi connectivity index (χ0) is 19.2. The van der Waals surface area contributed by atoms with Crippen LogP contribution in [0.2, 0.25) is 0 Å². The maximum atomic E-state index is 12.8. The summed E-state index contributed by atoms with van der Waals surface area (Å²) < 4.78 is 0. The third-order valence-electron chi connectivity index (χ3n) is 4.24. The molecule has 0 unspecified atom stereocenters. The zero-order valence-corrected chi connectivity index (χ0v) is 15.8. The first-order valence-corrected chi connectivity index (χ1v) is 8.95. The van der Waals surface area contributed by atoms with Crippen molar-refractivity contribution in [2.24, 2.45) is 0 Å². The van der Waals surface area contributed by atoms with Crippen LogP contribution in [0.3, 0.4) is 0 Å². The van der Waals surface area contributed by atoms with E-state index in [4.69, 9.17) is 0 Å². The van der Waals surface area contributed by atoms with Gasteiger partial charge in [0.1, 0.15) is 5.69 Å². The molecule has 0 saturated heterocycles. The summed E-state index contributed by atoms with van der Waals surface area (Å²) in [7, 11) is 0. The number of aromatic nitrogens is 3. The van der Waals surface area contributed by atoms with Crippen molar-refractivity contribution in [3.8, 4) is 0 Å². The smallest absolute Gasteiger partial charge is 0.274 e. The summed E-state index contributed by atoms with van der Waals surface area (Å²) in [6, 6.07) is 11.5. The molecule has 0 spiro atoms. The number of hydrogen-bond donors (Lipinski definition) is 2. The average Bonchev–Trinajstić information content (AvgIpc) is 2.68. The third-order valence-corrected chi connectivity index (χ3v) is 4.24. The maximum Gasteiger partial charge on any atom is 0.274 e. The van der Waals surface area contributed by atoms with E-state index in [-0.39, 0.29) is 5.91 Å². The molecule has 0 radical (unpaired) electrons. The number of nitrogens with one attached hydrogen (secondary N) is 2. The van der Waals surface area contributed by atoms with E-state index in [1.54, 1.807) is 18.5 Å². The van der Waals surface area contributed by atoms with Gasteiger partial charge in [-0.05, 0) is 49.1 Å². The molecule has 0 aliphatic heterocycles. The summed E-state index contributed by atoms with van der Waals surface area (Å²) in [5.41, 5.74) is 5.06. The molecule has 2 aromatic heterocycles. The van der Waals surface area contributed by atoms with Gasteiger partial charge in [-0.15, -0.1) is 0 Å². The predicted molar refractivity (Wildman–Crippen MR) is 107 cm³/mol. The molecule has 3 rings (SSSR count). The van der Waals surface area contributed by atoms with Crippen molar-refractivity contribution in [3.05, 3.63) is 76.9 Å². The van der Waals surface area contributed by atoms with E-state index in [1.165, 1.54) is 0 Å². The van der Waals surface area contributed by atoms with Gasteiger partial charge in [0.15, 0.2) is 0 Å². The first-order valence-electron chi connectivity index (χ1n) is 8.95. The molecule has 0 bridgehead atoms. The van der Waals surface area contributed by atoms with Gasteiger partial charge in [-0.25, -0.2) is 9.97 Å². The van der Waals surface area contributed by atoms with Gasteiger partial charge < -0.3 is 10.6 Å². The topological polar surface area (TPSA) is 79.8 Å². The van der Waals surface area contributed by atoms with E-state index in [0.29, 0.717) is 18.2 Å². The fraction of sp³-hybridized carbons (Fsp3) is 0.238. The Morgan fingerprint density at radius 2 is 1.96 bits per heavy atom. The standard InChI is InChI=1S/C21H23N5O/c1-4-17-9-5-7-14(2)19(17)26-20(27)18-11-15(3)24-21(25-18)23-13-16-8-6-10-22-12-16/h5-12H,4,13H2,1-3H3,(H,26,27)(H,23,24,25). The zero-order valence-electron chi connectivity index (χ0n) is 15.8. The molecule has 0 aliphatic rings. The average molecular weight is 361 g/mol. The van der Waals surface area contributed by atoms with E-state index in [9.17, 15) is 4.79 Å². The highest BCUT2D eigenvalue weighted by Gasteiger charge is 2.14. The fourth-order valence-electron chi connectivity index (χ4n) is 2.83. The van der Waals surface area contributed by atoms with E-state index in [2.05, 4.69) is 32.5 Å². The minimum Gasteiger partial charge on any atom is -0.350 e. The minimum atomic E-state index is -0.242. The van der Waals surface area contributed by atoms with Gasteiger partial charge in [-0.3, -0.25) is 9.78 Å². The highest BCUT2D eigenvalue weighted by atomic mass is 16.1. The molecule has 1 aromatic carbocycles. The van der Waals surface area contributed by atoms with Crippen molar-refractivity contribution in [2.75, 3.05) is 10.6 Å². The highest BCUT2D eigenvalue weighted by Crippen LogP contribution is 2.22.